The van der Waals surface area contributed by atoms with Crippen molar-refractivity contribution in [1.29, 1.82) is 0 Å². The third-order valence-electron chi connectivity index (χ3n) is 3.69. The molecule has 2 N–H and O–H groups in total. The van der Waals surface area contributed by atoms with Crippen LogP contribution >= 0.6 is 0 Å². The molecule has 15 heavy (non-hydrogen) atoms. The van der Waals surface area contributed by atoms with Crippen molar-refractivity contribution in [1.82, 2.24) is 0 Å². The van der Waals surface area contributed by atoms with E-state index < -0.39 is 0 Å². The van der Waals surface area contributed by atoms with E-state index in [1.807, 2.05) is 0 Å². The molecule has 3 nitrogen and oxygen atoms in total. The van der Waals surface area contributed by atoms with E-state index in [4.69, 9.17) is 15.2 Å². The van der Waals surface area contributed by atoms with Crippen molar-refractivity contribution in [2.45, 2.75) is 56.7 Å². The van der Waals surface area contributed by atoms with Gasteiger partial charge in [0.1, 0.15) is 0 Å². The molecule has 0 amide bonds. The first-order chi connectivity index (χ1) is 7.35. The lowest BCUT2D eigenvalue weighted by Crippen LogP contribution is -2.43. The molecule has 1 heterocycles. The SMILES string of the molecule is NCC1(OC2CCOC2)CCCCCC1. The maximum Gasteiger partial charge on any atom is 0.0838 e. The predicted molar refractivity (Wildman–Crippen MR) is 59.8 cm³/mol. The fourth-order valence-electron chi connectivity index (χ4n) is 2.70. The van der Waals surface area contributed by atoms with Crippen LogP contribution in [0.3, 0.4) is 0 Å². The van der Waals surface area contributed by atoms with Gasteiger partial charge in [0.25, 0.3) is 0 Å². The van der Waals surface area contributed by atoms with Crippen LogP contribution in [0.5, 0.6) is 0 Å². The summed E-state index contributed by atoms with van der Waals surface area (Å²) in [4.78, 5) is 0. The van der Waals surface area contributed by atoms with E-state index in [-0.39, 0.29) is 5.60 Å². The predicted octanol–water partition coefficient (Wildman–Crippen LogP) is 1.84. The Bertz CT molecular complexity index is 182. The third kappa shape index (κ3) is 2.92. The molecule has 0 aromatic carbocycles. The Morgan fingerprint density at radius 2 is 1.93 bits per heavy atom. The number of ether oxygens (including phenoxy) is 2. The summed E-state index contributed by atoms with van der Waals surface area (Å²) in [6.45, 7) is 2.29. The topological polar surface area (TPSA) is 44.5 Å². The van der Waals surface area contributed by atoms with Gasteiger partial charge in [-0.2, -0.15) is 0 Å². The van der Waals surface area contributed by atoms with E-state index in [2.05, 4.69) is 0 Å². The average molecular weight is 213 g/mol. The van der Waals surface area contributed by atoms with Crippen LogP contribution < -0.4 is 5.73 Å². The largest absolute Gasteiger partial charge is 0.379 e. The van der Waals surface area contributed by atoms with Crippen LogP contribution in [0.2, 0.25) is 0 Å². The van der Waals surface area contributed by atoms with E-state index in [0.29, 0.717) is 12.6 Å². The van der Waals surface area contributed by atoms with Gasteiger partial charge < -0.3 is 15.2 Å². The summed E-state index contributed by atoms with van der Waals surface area (Å²) in [6.07, 6.45) is 8.84. The van der Waals surface area contributed by atoms with Crippen LogP contribution in [0, 0.1) is 0 Å². The van der Waals surface area contributed by atoms with Crippen molar-refractivity contribution >= 4 is 0 Å². The summed E-state index contributed by atoms with van der Waals surface area (Å²) in [5.74, 6) is 0. The van der Waals surface area contributed by atoms with Gasteiger partial charge in [0.05, 0.1) is 18.3 Å². The molecule has 2 aliphatic rings. The first kappa shape index (κ1) is 11.4. The number of nitrogens with two attached hydrogens (primary N) is 1. The molecule has 1 unspecified atom stereocenters. The molecule has 88 valence electrons. The van der Waals surface area contributed by atoms with Crippen molar-refractivity contribution < 1.29 is 9.47 Å². The van der Waals surface area contributed by atoms with Crippen molar-refractivity contribution in [2.24, 2.45) is 5.73 Å². The Labute approximate surface area is 92.3 Å². The van der Waals surface area contributed by atoms with Crippen molar-refractivity contribution in [2.75, 3.05) is 19.8 Å². The molecule has 0 aromatic rings. The van der Waals surface area contributed by atoms with Crippen molar-refractivity contribution in [3.05, 3.63) is 0 Å². The molecule has 0 radical (unpaired) electrons. The van der Waals surface area contributed by atoms with Crippen molar-refractivity contribution in [3.8, 4) is 0 Å². The fourth-order valence-corrected chi connectivity index (χ4v) is 2.70. The highest BCUT2D eigenvalue weighted by Gasteiger charge is 2.34. The maximum atomic E-state index is 6.22. The maximum absolute atomic E-state index is 6.22. The number of hydrogen-bond donors (Lipinski definition) is 1. The van der Waals surface area contributed by atoms with Gasteiger partial charge in [0.2, 0.25) is 0 Å². The zero-order valence-corrected chi connectivity index (χ0v) is 9.54. The molecule has 2 rings (SSSR count). The zero-order chi connectivity index (χ0) is 10.6. The first-order valence-corrected chi connectivity index (χ1v) is 6.30. The minimum atomic E-state index is -0.0329. The smallest absolute Gasteiger partial charge is 0.0838 e. The molecule has 3 heteroatoms. The highest BCUT2D eigenvalue weighted by molar-refractivity contribution is 4.86. The van der Waals surface area contributed by atoms with E-state index in [1.165, 1.54) is 25.7 Å². The van der Waals surface area contributed by atoms with Gasteiger partial charge >= 0.3 is 0 Å². The molecule has 1 saturated heterocycles. The third-order valence-corrected chi connectivity index (χ3v) is 3.69. The molecule has 0 spiro atoms. The fraction of sp³-hybridized carbons (Fsp3) is 1.00. The molecule has 0 aromatic heterocycles. The Morgan fingerprint density at radius 1 is 1.20 bits per heavy atom. The van der Waals surface area contributed by atoms with Gasteiger partial charge in [0, 0.05) is 13.2 Å². The highest BCUT2D eigenvalue weighted by Crippen LogP contribution is 2.32. The normalized spacial score (nSPS) is 31.4. The summed E-state index contributed by atoms with van der Waals surface area (Å²) in [6, 6.07) is 0. The lowest BCUT2D eigenvalue weighted by atomic mass is 9.94. The van der Waals surface area contributed by atoms with Gasteiger partial charge in [0.15, 0.2) is 0 Å². The van der Waals surface area contributed by atoms with E-state index in [0.717, 1.165) is 32.5 Å². The molecule has 1 atom stereocenters. The van der Waals surface area contributed by atoms with Crippen LogP contribution in [0.15, 0.2) is 0 Å². The molecule has 1 saturated carbocycles. The Morgan fingerprint density at radius 3 is 2.47 bits per heavy atom. The second-order valence-corrected chi connectivity index (χ2v) is 4.90. The van der Waals surface area contributed by atoms with Crippen molar-refractivity contribution in [3.63, 3.8) is 0 Å². The van der Waals surface area contributed by atoms with E-state index >= 15 is 0 Å². The summed E-state index contributed by atoms with van der Waals surface area (Å²) >= 11 is 0. The first-order valence-electron chi connectivity index (χ1n) is 6.30. The van der Waals surface area contributed by atoms with Crippen LogP contribution in [0.1, 0.15) is 44.9 Å². The average Bonchev–Trinajstić information content (AvgIpc) is 2.64. The Hall–Kier alpha value is -0.120. The van der Waals surface area contributed by atoms with Crippen LogP contribution in [-0.4, -0.2) is 31.5 Å². The Balaban J connectivity index is 1.92. The molecule has 2 fully saturated rings. The lowest BCUT2D eigenvalue weighted by Gasteiger charge is -2.34. The minimum absolute atomic E-state index is 0.0329. The van der Waals surface area contributed by atoms with Crippen LogP contribution in [0.4, 0.5) is 0 Å². The molecule has 1 aliphatic carbocycles. The second kappa shape index (κ2) is 5.28. The second-order valence-electron chi connectivity index (χ2n) is 4.90. The van der Waals surface area contributed by atoms with Gasteiger partial charge in [-0.3, -0.25) is 0 Å². The Kier molecular flexibility index (Phi) is 4.00. The van der Waals surface area contributed by atoms with E-state index in [9.17, 15) is 0 Å². The van der Waals surface area contributed by atoms with Gasteiger partial charge in [-0.05, 0) is 19.3 Å². The summed E-state index contributed by atoms with van der Waals surface area (Å²) in [5, 5.41) is 0. The van der Waals surface area contributed by atoms with E-state index in [1.54, 1.807) is 0 Å². The molecular weight excluding hydrogens is 190 g/mol. The van der Waals surface area contributed by atoms with Crippen LogP contribution in [-0.2, 0) is 9.47 Å². The standard InChI is InChI=1S/C12H23NO2/c13-10-12(6-3-1-2-4-7-12)15-11-5-8-14-9-11/h11H,1-10,13H2. The lowest BCUT2D eigenvalue weighted by molar-refractivity contribution is -0.0967. The van der Waals surface area contributed by atoms with Gasteiger partial charge in [-0.15, -0.1) is 0 Å². The minimum Gasteiger partial charge on any atom is -0.379 e. The number of hydrogen-bond acceptors (Lipinski definition) is 3. The quantitative estimate of drug-likeness (QED) is 0.728. The van der Waals surface area contributed by atoms with Crippen LogP contribution in [0.25, 0.3) is 0 Å². The van der Waals surface area contributed by atoms with Gasteiger partial charge in [-0.25, -0.2) is 0 Å². The molecule has 0 bridgehead atoms. The summed E-state index contributed by atoms with van der Waals surface area (Å²) in [7, 11) is 0. The number of rotatable bonds is 3. The molecular formula is C12H23NO2. The monoisotopic (exact) mass is 213 g/mol. The zero-order valence-electron chi connectivity index (χ0n) is 9.54. The summed E-state index contributed by atoms with van der Waals surface area (Å²) in [5.41, 5.74) is 5.89. The molecule has 1 aliphatic heterocycles. The van der Waals surface area contributed by atoms with Gasteiger partial charge in [-0.1, -0.05) is 25.7 Å². The highest BCUT2D eigenvalue weighted by atomic mass is 16.6. The summed E-state index contributed by atoms with van der Waals surface area (Å²) < 4.78 is 11.6.